The Bertz CT molecular complexity index is 412. The lowest BCUT2D eigenvalue weighted by Crippen LogP contribution is -2.38. The van der Waals surface area contributed by atoms with Crippen molar-refractivity contribution in [2.45, 2.75) is 32.7 Å². The van der Waals surface area contributed by atoms with E-state index in [-0.39, 0.29) is 12.1 Å². The molecule has 0 aromatic heterocycles. The van der Waals surface area contributed by atoms with Crippen LogP contribution >= 0.6 is 0 Å². The fraction of sp³-hybridized carbons (Fsp3) is 0.562. The minimum Gasteiger partial charge on any atom is -0.337 e. The number of nitrogens with zero attached hydrogens (tertiary/aromatic N) is 1. The van der Waals surface area contributed by atoms with Gasteiger partial charge in [0.15, 0.2) is 0 Å². The Morgan fingerprint density at radius 3 is 2.10 bits per heavy atom. The summed E-state index contributed by atoms with van der Waals surface area (Å²) in [6.07, 6.45) is 0. The van der Waals surface area contributed by atoms with Crippen LogP contribution in [0.2, 0.25) is 0 Å². The number of carbonyl (C=O) groups excluding carboxylic acids is 1. The second kappa shape index (κ2) is 7.90. The number of rotatable bonds is 6. The zero-order chi connectivity index (χ0) is 15.1. The van der Waals surface area contributed by atoms with Gasteiger partial charge in [-0.3, -0.25) is 0 Å². The average Bonchev–Trinajstić information content (AvgIpc) is 2.43. The van der Waals surface area contributed by atoms with Crippen LogP contribution in [0.4, 0.5) is 4.79 Å². The highest BCUT2D eigenvalue weighted by atomic mass is 16.2. The van der Waals surface area contributed by atoms with Gasteiger partial charge in [-0.1, -0.05) is 38.1 Å². The van der Waals surface area contributed by atoms with Crippen molar-refractivity contribution in [1.29, 1.82) is 0 Å². The molecular weight excluding hydrogens is 250 g/mol. The van der Waals surface area contributed by atoms with Crippen molar-refractivity contribution < 1.29 is 4.79 Å². The van der Waals surface area contributed by atoms with Gasteiger partial charge in [0.05, 0.1) is 0 Å². The van der Waals surface area contributed by atoms with Crippen molar-refractivity contribution in [2.75, 3.05) is 27.2 Å². The molecule has 4 nitrogen and oxygen atoms in total. The zero-order valence-corrected chi connectivity index (χ0v) is 13.2. The monoisotopic (exact) mass is 277 g/mol. The van der Waals surface area contributed by atoms with E-state index in [0.717, 1.165) is 6.54 Å². The summed E-state index contributed by atoms with van der Waals surface area (Å²) in [5.41, 5.74) is 2.63. The molecule has 112 valence electrons. The van der Waals surface area contributed by atoms with Gasteiger partial charge in [-0.15, -0.1) is 0 Å². The number of amides is 2. The summed E-state index contributed by atoms with van der Waals surface area (Å²) < 4.78 is 0. The molecule has 1 atom stereocenters. The van der Waals surface area contributed by atoms with Crippen molar-refractivity contribution in [1.82, 2.24) is 15.5 Å². The van der Waals surface area contributed by atoms with Gasteiger partial charge >= 0.3 is 6.03 Å². The molecule has 0 aliphatic rings. The average molecular weight is 277 g/mol. The molecule has 1 unspecified atom stereocenters. The predicted molar refractivity (Wildman–Crippen MR) is 84.0 cm³/mol. The second-order valence-corrected chi connectivity index (χ2v) is 5.62. The molecule has 0 fully saturated rings. The van der Waals surface area contributed by atoms with Gasteiger partial charge < -0.3 is 15.5 Å². The van der Waals surface area contributed by atoms with E-state index >= 15 is 0 Å². The molecule has 20 heavy (non-hydrogen) atoms. The molecule has 4 heteroatoms. The molecule has 0 saturated heterocycles. The fourth-order valence-electron chi connectivity index (χ4n) is 1.90. The van der Waals surface area contributed by atoms with Gasteiger partial charge in [0.1, 0.15) is 0 Å². The maximum atomic E-state index is 11.3. The Hall–Kier alpha value is -1.55. The normalized spacial score (nSPS) is 12.3. The van der Waals surface area contributed by atoms with Gasteiger partial charge in [-0.05, 0) is 24.0 Å². The van der Waals surface area contributed by atoms with Gasteiger partial charge in [-0.25, -0.2) is 4.79 Å². The minimum absolute atomic E-state index is 0.0549. The molecule has 0 radical (unpaired) electrons. The summed E-state index contributed by atoms with van der Waals surface area (Å²) in [5, 5.41) is 6.25. The quantitative estimate of drug-likeness (QED) is 0.785. The largest absolute Gasteiger partial charge is 0.337 e. The highest BCUT2D eigenvalue weighted by Crippen LogP contribution is 2.18. The molecule has 1 rings (SSSR count). The van der Waals surface area contributed by atoms with Crippen LogP contribution in [0.15, 0.2) is 24.3 Å². The van der Waals surface area contributed by atoms with Crippen LogP contribution in [-0.4, -0.2) is 38.1 Å². The van der Waals surface area contributed by atoms with Crippen LogP contribution < -0.4 is 10.6 Å². The SMILES string of the molecule is CC(C)c1ccc(C(C)NCCNC(=O)N(C)C)cc1. The molecule has 0 bridgehead atoms. The molecular formula is C16H27N3O. The first-order chi connectivity index (χ1) is 9.41. The van der Waals surface area contributed by atoms with Crippen molar-refractivity contribution >= 4 is 6.03 Å². The van der Waals surface area contributed by atoms with E-state index in [4.69, 9.17) is 0 Å². The minimum atomic E-state index is -0.0549. The molecule has 0 aliphatic carbocycles. The van der Waals surface area contributed by atoms with E-state index in [1.807, 2.05) is 0 Å². The highest BCUT2D eigenvalue weighted by Gasteiger charge is 2.06. The van der Waals surface area contributed by atoms with Crippen molar-refractivity contribution in [3.05, 3.63) is 35.4 Å². The smallest absolute Gasteiger partial charge is 0.316 e. The number of benzene rings is 1. The first-order valence-corrected chi connectivity index (χ1v) is 7.20. The van der Waals surface area contributed by atoms with Crippen LogP contribution in [0.3, 0.4) is 0 Å². The van der Waals surface area contributed by atoms with Crippen LogP contribution in [0.1, 0.15) is 43.9 Å². The van der Waals surface area contributed by atoms with Gasteiger partial charge in [0, 0.05) is 33.2 Å². The Balaban J connectivity index is 2.35. The second-order valence-electron chi connectivity index (χ2n) is 5.62. The third-order valence-electron chi connectivity index (χ3n) is 3.36. The third kappa shape index (κ3) is 5.21. The molecule has 2 amide bonds. The fourth-order valence-corrected chi connectivity index (χ4v) is 1.90. The Morgan fingerprint density at radius 2 is 1.60 bits per heavy atom. The maximum absolute atomic E-state index is 11.3. The van der Waals surface area contributed by atoms with Crippen molar-refractivity contribution in [2.24, 2.45) is 0 Å². The number of nitrogens with one attached hydrogen (secondary N) is 2. The topological polar surface area (TPSA) is 44.4 Å². The van der Waals surface area contributed by atoms with Crippen molar-refractivity contribution in [3.63, 3.8) is 0 Å². The lowest BCUT2D eigenvalue weighted by Gasteiger charge is -2.17. The van der Waals surface area contributed by atoms with E-state index in [1.165, 1.54) is 16.0 Å². The summed E-state index contributed by atoms with van der Waals surface area (Å²) in [7, 11) is 3.48. The Morgan fingerprint density at radius 1 is 1.05 bits per heavy atom. The van der Waals surface area contributed by atoms with Gasteiger partial charge in [0.25, 0.3) is 0 Å². The number of carbonyl (C=O) groups is 1. The Kier molecular flexibility index (Phi) is 6.52. The number of urea groups is 1. The van der Waals surface area contributed by atoms with E-state index in [9.17, 15) is 4.79 Å². The van der Waals surface area contributed by atoms with E-state index in [1.54, 1.807) is 14.1 Å². The molecule has 0 saturated carbocycles. The van der Waals surface area contributed by atoms with Crippen LogP contribution in [0.5, 0.6) is 0 Å². The standard InChI is InChI=1S/C16H27N3O/c1-12(2)14-6-8-15(9-7-14)13(3)17-10-11-18-16(20)19(4)5/h6-9,12-13,17H,10-11H2,1-5H3,(H,18,20). The summed E-state index contributed by atoms with van der Waals surface area (Å²) in [6, 6.07) is 8.95. The Labute approximate surface area is 122 Å². The van der Waals surface area contributed by atoms with Gasteiger partial charge in [-0.2, -0.15) is 0 Å². The summed E-state index contributed by atoms with van der Waals surface area (Å²) in [6.45, 7) is 7.92. The zero-order valence-electron chi connectivity index (χ0n) is 13.2. The summed E-state index contributed by atoms with van der Waals surface area (Å²) in [4.78, 5) is 12.9. The molecule has 0 aliphatic heterocycles. The third-order valence-corrected chi connectivity index (χ3v) is 3.36. The predicted octanol–water partition coefficient (Wildman–Crippen LogP) is 2.73. The van der Waals surface area contributed by atoms with Crippen LogP contribution in [-0.2, 0) is 0 Å². The summed E-state index contributed by atoms with van der Waals surface area (Å²) in [5.74, 6) is 0.563. The molecule has 1 aromatic carbocycles. The first-order valence-electron chi connectivity index (χ1n) is 7.20. The number of hydrogen-bond donors (Lipinski definition) is 2. The van der Waals surface area contributed by atoms with E-state index < -0.39 is 0 Å². The molecule has 0 spiro atoms. The first kappa shape index (κ1) is 16.5. The van der Waals surface area contributed by atoms with Gasteiger partial charge in [0.2, 0.25) is 0 Å². The van der Waals surface area contributed by atoms with Crippen molar-refractivity contribution in [3.8, 4) is 0 Å². The lowest BCUT2D eigenvalue weighted by atomic mass is 10.00. The molecule has 1 aromatic rings. The van der Waals surface area contributed by atoms with Crippen LogP contribution in [0, 0.1) is 0 Å². The van der Waals surface area contributed by atoms with E-state index in [2.05, 4.69) is 55.7 Å². The summed E-state index contributed by atoms with van der Waals surface area (Å²) >= 11 is 0. The highest BCUT2D eigenvalue weighted by molar-refractivity contribution is 5.73. The maximum Gasteiger partial charge on any atom is 0.316 e. The molecule has 2 N–H and O–H groups in total. The van der Waals surface area contributed by atoms with Crippen LogP contribution in [0.25, 0.3) is 0 Å². The lowest BCUT2D eigenvalue weighted by molar-refractivity contribution is 0.217. The molecule has 0 heterocycles. The van der Waals surface area contributed by atoms with E-state index in [0.29, 0.717) is 12.5 Å². The number of hydrogen-bond acceptors (Lipinski definition) is 2.